The SMILES string of the molecule is CCCNc1ccnc(-c2cc(Br)c3c(c2)OCO3)n1. The number of ether oxygens (including phenoxy) is 2. The molecule has 1 N–H and O–H groups in total. The van der Waals surface area contributed by atoms with E-state index in [1.807, 2.05) is 18.2 Å². The van der Waals surface area contributed by atoms with Crippen molar-refractivity contribution in [1.82, 2.24) is 9.97 Å². The number of nitrogens with zero attached hydrogens (tertiary/aromatic N) is 2. The molecule has 0 unspecified atom stereocenters. The average Bonchev–Trinajstić information content (AvgIpc) is 2.94. The molecule has 0 saturated carbocycles. The lowest BCUT2D eigenvalue weighted by Gasteiger charge is -2.07. The van der Waals surface area contributed by atoms with E-state index in [9.17, 15) is 0 Å². The lowest BCUT2D eigenvalue weighted by atomic mass is 10.2. The van der Waals surface area contributed by atoms with Gasteiger partial charge in [0, 0.05) is 18.3 Å². The van der Waals surface area contributed by atoms with Gasteiger partial charge in [-0.25, -0.2) is 9.97 Å². The van der Waals surface area contributed by atoms with Gasteiger partial charge in [-0.15, -0.1) is 0 Å². The number of fused-ring (bicyclic) bond motifs is 1. The Balaban J connectivity index is 1.95. The predicted molar refractivity (Wildman–Crippen MR) is 80.1 cm³/mol. The first-order valence-electron chi connectivity index (χ1n) is 6.44. The van der Waals surface area contributed by atoms with Crippen molar-refractivity contribution in [3.05, 3.63) is 28.9 Å². The zero-order valence-corrected chi connectivity index (χ0v) is 12.6. The van der Waals surface area contributed by atoms with E-state index >= 15 is 0 Å². The fraction of sp³-hybridized carbons (Fsp3) is 0.286. The van der Waals surface area contributed by atoms with Gasteiger partial charge >= 0.3 is 0 Å². The molecule has 3 rings (SSSR count). The summed E-state index contributed by atoms with van der Waals surface area (Å²) in [5, 5.41) is 3.25. The van der Waals surface area contributed by atoms with Crippen LogP contribution >= 0.6 is 15.9 Å². The van der Waals surface area contributed by atoms with E-state index in [-0.39, 0.29) is 6.79 Å². The van der Waals surface area contributed by atoms with Crippen molar-refractivity contribution in [3.8, 4) is 22.9 Å². The minimum atomic E-state index is 0.246. The molecule has 2 heterocycles. The van der Waals surface area contributed by atoms with Crippen LogP contribution in [0.4, 0.5) is 5.82 Å². The lowest BCUT2D eigenvalue weighted by Crippen LogP contribution is -2.03. The second kappa shape index (κ2) is 5.66. The van der Waals surface area contributed by atoms with E-state index in [4.69, 9.17) is 9.47 Å². The quantitative estimate of drug-likeness (QED) is 0.927. The van der Waals surface area contributed by atoms with Crippen LogP contribution in [0.2, 0.25) is 0 Å². The molecule has 1 aliphatic rings. The van der Waals surface area contributed by atoms with Crippen molar-refractivity contribution >= 4 is 21.7 Å². The molecule has 0 radical (unpaired) electrons. The van der Waals surface area contributed by atoms with Gasteiger partial charge in [0.05, 0.1) is 4.47 Å². The van der Waals surface area contributed by atoms with E-state index in [1.165, 1.54) is 0 Å². The fourth-order valence-electron chi connectivity index (χ4n) is 1.95. The number of benzene rings is 1. The molecule has 0 fully saturated rings. The normalized spacial score (nSPS) is 12.5. The van der Waals surface area contributed by atoms with Crippen molar-refractivity contribution in [1.29, 1.82) is 0 Å². The highest BCUT2D eigenvalue weighted by Gasteiger charge is 2.19. The van der Waals surface area contributed by atoms with Crippen LogP contribution in [0.3, 0.4) is 0 Å². The summed E-state index contributed by atoms with van der Waals surface area (Å²) in [7, 11) is 0. The van der Waals surface area contributed by atoms with Gasteiger partial charge in [0.2, 0.25) is 6.79 Å². The molecule has 0 amide bonds. The molecule has 0 spiro atoms. The number of nitrogens with one attached hydrogen (secondary N) is 1. The Kier molecular flexibility index (Phi) is 3.73. The van der Waals surface area contributed by atoms with E-state index < -0.39 is 0 Å². The first-order chi connectivity index (χ1) is 9.78. The number of aromatic nitrogens is 2. The summed E-state index contributed by atoms with van der Waals surface area (Å²) in [6.07, 6.45) is 2.80. The molecule has 6 heteroatoms. The lowest BCUT2D eigenvalue weighted by molar-refractivity contribution is 0.173. The minimum absolute atomic E-state index is 0.246. The Bertz CT molecular complexity index is 634. The second-order valence-corrected chi connectivity index (χ2v) is 5.24. The van der Waals surface area contributed by atoms with Crippen LogP contribution in [0.5, 0.6) is 11.5 Å². The summed E-state index contributed by atoms with van der Waals surface area (Å²) < 4.78 is 11.6. The van der Waals surface area contributed by atoms with Crippen molar-refractivity contribution < 1.29 is 9.47 Å². The summed E-state index contributed by atoms with van der Waals surface area (Å²) in [6, 6.07) is 5.69. The standard InChI is InChI=1S/C14H14BrN3O2/c1-2-4-16-12-3-5-17-14(18-12)9-6-10(15)13-11(7-9)19-8-20-13/h3,5-7H,2,4,8H2,1H3,(H,16,17,18). The number of hydrogen-bond donors (Lipinski definition) is 1. The van der Waals surface area contributed by atoms with Crippen LogP contribution in [0.25, 0.3) is 11.4 Å². The van der Waals surface area contributed by atoms with Gasteiger partial charge < -0.3 is 14.8 Å². The van der Waals surface area contributed by atoms with Crippen LogP contribution in [-0.4, -0.2) is 23.3 Å². The topological polar surface area (TPSA) is 56.3 Å². The third-order valence-electron chi connectivity index (χ3n) is 2.90. The van der Waals surface area contributed by atoms with Gasteiger partial charge in [0.25, 0.3) is 0 Å². The van der Waals surface area contributed by atoms with Crippen molar-refractivity contribution in [2.75, 3.05) is 18.7 Å². The zero-order chi connectivity index (χ0) is 13.9. The Morgan fingerprint density at radius 3 is 3.10 bits per heavy atom. The Hall–Kier alpha value is -1.82. The van der Waals surface area contributed by atoms with Gasteiger partial charge in [-0.3, -0.25) is 0 Å². The van der Waals surface area contributed by atoms with Gasteiger partial charge in [-0.05, 0) is 40.5 Å². The fourth-order valence-corrected chi connectivity index (χ4v) is 2.50. The molecule has 1 aliphatic heterocycles. The molecule has 0 bridgehead atoms. The van der Waals surface area contributed by atoms with E-state index in [2.05, 4.69) is 38.1 Å². The predicted octanol–water partition coefficient (Wildman–Crippen LogP) is 3.46. The number of halogens is 1. The van der Waals surface area contributed by atoms with E-state index in [0.29, 0.717) is 11.6 Å². The summed E-state index contributed by atoms with van der Waals surface area (Å²) in [4.78, 5) is 8.82. The van der Waals surface area contributed by atoms with E-state index in [0.717, 1.165) is 34.6 Å². The molecule has 20 heavy (non-hydrogen) atoms. The van der Waals surface area contributed by atoms with Gasteiger partial charge in [-0.2, -0.15) is 0 Å². The third-order valence-corrected chi connectivity index (χ3v) is 3.49. The molecule has 0 aliphatic carbocycles. The van der Waals surface area contributed by atoms with Crippen LogP contribution in [-0.2, 0) is 0 Å². The Labute approximate surface area is 125 Å². The number of hydrogen-bond acceptors (Lipinski definition) is 5. The highest BCUT2D eigenvalue weighted by atomic mass is 79.9. The van der Waals surface area contributed by atoms with Gasteiger partial charge in [0.1, 0.15) is 5.82 Å². The Morgan fingerprint density at radius 1 is 1.35 bits per heavy atom. The first-order valence-corrected chi connectivity index (χ1v) is 7.23. The summed E-state index contributed by atoms with van der Waals surface area (Å²) in [5.74, 6) is 2.93. The molecule has 0 atom stereocenters. The molecular weight excluding hydrogens is 322 g/mol. The van der Waals surface area contributed by atoms with E-state index in [1.54, 1.807) is 6.20 Å². The monoisotopic (exact) mass is 335 g/mol. The average molecular weight is 336 g/mol. The van der Waals surface area contributed by atoms with Crippen LogP contribution in [0, 0.1) is 0 Å². The van der Waals surface area contributed by atoms with Crippen LogP contribution in [0.1, 0.15) is 13.3 Å². The maximum Gasteiger partial charge on any atom is 0.231 e. The van der Waals surface area contributed by atoms with Crippen molar-refractivity contribution in [2.24, 2.45) is 0 Å². The maximum absolute atomic E-state index is 5.41. The summed E-state index contributed by atoms with van der Waals surface area (Å²) >= 11 is 3.48. The van der Waals surface area contributed by atoms with Gasteiger partial charge in [-0.1, -0.05) is 6.92 Å². The molecule has 5 nitrogen and oxygen atoms in total. The van der Waals surface area contributed by atoms with Crippen molar-refractivity contribution in [3.63, 3.8) is 0 Å². The molecule has 0 saturated heterocycles. The molecular formula is C14H14BrN3O2. The maximum atomic E-state index is 5.41. The second-order valence-electron chi connectivity index (χ2n) is 4.38. The number of rotatable bonds is 4. The highest BCUT2D eigenvalue weighted by Crippen LogP contribution is 2.41. The largest absolute Gasteiger partial charge is 0.454 e. The van der Waals surface area contributed by atoms with Gasteiger partial charge in [0.15, 0.2) is 17.3 Å². The van der Waals surface area contributed by atoms with Crippen LogP contribution in [0.15, 0.2) is 28.9 Å². The Morgan fingerprint density at radius 2 is 2.25 bits per heavy atom. The molecule has 1 aromatic heterocycles. The first kappa shape index (κ1) is 13.2. The third kappa shape index (κ3) is 2.56. The zero-order valence-electron chi connectivity index (χ0n) is 11.0. The minimum Gasteiger partial charge on any atom is -0.454 e. The summed E-state index contributed by atoms with van der Waals surface area (Å²) in [5.41, 5.74) is 0.890. The smallest absolute Gasteiger partial charge is 0.231 e. The highest BCUT2D eigenvalue weighted by molar-refractivity contribution is 9.10. The molecule has 104 valence electrons. The number of anilines is 1. The van der Waals surface area contributed by atoms with Crippen molar-refractivity contribution in [2.45, 2.75) is 13.3 Å². The summed E-state index contributed by atoms with van der Waals surface area (Å²) in [6.45, 7) is 3.25. The molecule has 1 aromatic carbocycles. The van der Waals surface area contributed by atoms with Crippen LogP contribution < -0.4 is 14.8 Å². The molecule has 2 aromatic rings.